The Kier molecular flexibility index (Phi) is 11.8. The van der Waals surface area contributed by atoms with E-state index in [4.69, 9.17) is 4.74 Å². The van der Waals surface area contributed by atoms with Crippen LogP contribution in [0.1, 0.15) is 27.7 Å². The van der Waals surface area contributed by atoms with E-state index in [1.807, 2.05) is 0 Å². The zero-order valence-corrected chi connectivity index (χ0v) is 20.1. The van der Waals surface area contributed by atoms with Gasteiger partial charge in [0.2, 0.25) is 6.73 Å². The van der Waals surface area contributed by atoms with E-state index >= 15 is 0 Å². The van der Waals surface area contributed by atoms with E-state index in [-0.39, 0.29) is 5.97 Å². The fraction of sp³-hybridized carbons (Fsp3) is 0.800. The minimum Gasteiger partial charge on any atom is -0.425 e. The molecule has 0 aromatic heterocycles. The lowest BCUT2D eigenvalue weighted by atomic mass is 10.3. The molecular formula is C15H22F10N2O6S2. The average Bonchev–Trinajstić information content (AvgIpc) is 2.66. The van der Waals surface area contributed by atoms with Crippen molar-refractivity contribution >= 4 is 26.0 Å². The molecule has 0 radical (unpaired) electrons. The van der Waals surface area contributed by atoms with Crippen LogP contribution in [0.15, 0.2) is 12.2 Å². The third-order valence-corrected chi connectivity index (χ3v) is 7.66. The summed E-state index contributed by atoms with van der Waals surface area (Å²) < 4.78 is 167. The van der Waals surface area contributed by atoms with E-state index in [1.165, 1.54) is 0 Å². The van der Waals surface area contributed by atoms with Crippen molar-refractivity contribution in [1.82, 2.24) is 0 Å². The van der Waals surface area contributed by atoms with Gasteiger partial charge in [-0.3, -0.25) is 4.48 Å². The summed E-state index contributed by atoms with van der Waals surface area (Å²) in [6.45, 7) is 15.0. The second-order valence-electron chi connectivity index (χ2n) is 6.69. The standard InChI is InChI=1S/C11H22NO2.C4F10NO4S2/c1-6-12(7-2,8-3)9-14-11(13)10(4)5;5-1(6,7)3(11,12)20(16,17)15-21(18,19)4(13,14)2(8,9)10/h4,6-9H2,1-3,5H3;/q+1;-1. The molecule has 0 saturated heterocycles. The highest BCUT2D eigenvalue weighted by atomic mass is 32.3. The van der Waals surface area contributed by atoms with Gasteiger partial charge in [0.15, 0.2) is 20.0 Å². The van der Waals surface area contributed by atoms with Gasteiger partial charge in [-0.25, -0.2) is 21.6 Å². The molecule has 0 amide bonds. The molecule has 0 bridgehead atoms. The largest absolute Gasteiger partial charge is 0.467 e. The van der Waals surface area contributed by atoms with Crippen LogP contribution in [0.2, 0.25) is 0 Å². The Hall–Kier alpha value is -1.67. The Morgan fingerprint density at radius 3 is 1.26 bits per heavy atom. The van der Waals surface area contributed by atoms with Gasteiger partial charge in [0.05, 0.1) is 19.6 Å². The molecule has 0 heterocycles. The Bertz CT molecular complexity index is 893. The molecule has 0 fully saturated rings. The number of carbonyl (C=O) groups excluding carboxylic acids is 1. The monoisotopic (exact) mass is 580 g/mol. The first-order valence-electron chi connectivity index (χ1n) is 9.02. The van der Waals surface area contributed by atoms with Gasteiger partial charge in [0.1, 0.15) is 0 Å². The number of nitrogens with zero attached hydrogens (tertiary/aromatic N) is 2. The molecule has 0 spiro atoms. The van der Waals surface area contributed by atoms with Crippen molar-refractivity contribution in [2.24, 2.45) is 0 Å². The van der Waals surface area contributed by atoms with Crippen molar-refractivity contribution in [3.63, 3.8) is 0 Å². The Morgan fingerprint density at radius 1 is 0.771 bits per heavy atom. The molecule has 0 N–H and O–H groups in total. The number of alkyl halides is 10. The van der Waals surface area contributed by atoms with Crippen LogP contribution in [0.25, 0.3) is 4.13 Å². The maximum atomic E-state index is 12.3. The molecule has 0 unspecified atom stereocenters. The predicted molar refractivity (Wildman–Crippen MR) is 101 cm³/mol. The molecule has 35 heavy (non-hydrogen) atoms. The van der Waals surface area contributed by atoms with Crippen molar-refractivity contribution in [3.8, 4) is 0 Å². The second-order valence-corrected chi connectivity index (χ2v) is 10.2. The number of quaternary nitrogens is 1. The Morgan fingerprint density at radius 2 is 1.06 bits per heavy atom. The molecule has 0 aliphatic carbocycles. The summed E-state index contributed by atoms with van der Waals surface area (Å²) in [6, 6.07) is 0. The highest BCUT2D eigenvalue weighted by molar-refractivity contribution is 8.13. The van der Waals surface area contributed by atoms with Crippen molar-refractivity contribution in [2.75, 3.05) is 26.4 Å². The Balaban J connectivity index is 0. The highest BCUT2D eigenvalue weighted by Crippen LogP contribution is 2.47. The fourth-order valence-corrected chi connectivity index (χ4v) is 4.15. The molecule has 0 aliphatic heterocycles. The number of hydrogen-bond acceptors (Lipinski definition) is 6. The average molecular weight is 580 g/mol. The summed E-state index contributed by atoms with van der Waals surface area (Å²) in [5.41, 5.74) is 0.464. The van der Waals surface area contributed by atoms with Crippen molar-refractivity contribution in [1.29, 1.82) is 0 Å². The van der Waals surface area contributed by atoms with Crippen molar-refractivity contribution < 1.29 is 74.8 Å². The molecule has 0 atom stereocenters. The molecule has 210 valence electrons. The Labute approximate surface area is 194 Å². The third kappa shape index (κ3) is 8.45. The first kappa shape index (κ1) is 35.5. The maximum absolute atomic E-state index is 12.3. The number of halogens is 10. The van der Waals surface area contributed by atoms with Crippen LogP contribution >= 0.6 is 0 Å². The molecule has 0 aliphatic rings. The quantitative estimate of drug-likeness (QED) is 0.126. The normalized spacial score (nSPS) is 14.1. The lowest BCUT2D eigenvalue weighted by molar-refractivity contribution is -0.938. The summed E-state index contributed by atoms with van der Waals surface area (Å²) in [5.74, 6) is -0.289. The number of carbonyl (C=O) groups is 1. The van der Waals surface area contributed by atoms with Gasteiger partial charge >= 0.3 is 28.8 Å². The zero-order valence-electron chi connectivity index (χ0n) is 18.5. The van der Waals surface area contributed by atoms with Gasteiger partial charge in [-0.2, -0.15) is 43.9 Å². The van der Waals surface area contributed by atoms with Crippen LogP contribution in [0.3, 0.4) is 0 Å². The number of ether oxygens (including phenoxy) is 1. The van der Waals surface area contributed by atoms with E-state index in [0.717, 1.165) is 24.1 Å². The van der Waals surface area contributed by atoms with E-state index in [1.54, 1.807) is 6.92 Å². The predicted octanol–water partition coefficient (Wildman–Crippen LogP) is 4.27. The van der Waals surface area contributed by atoms with Gasteiger partial charge in [-0.05, 0) is 27.7 Å². The van der Waals surface area contributed by atoms with E-state index in [0.29, 0.717) is 16.4 Å². The highest BCUT2D eigenvalue weighted by Gasteiger charge is 2.68. The first-order chi connectivity index (χ1) is 15.2. The summed E-state index contributed by atoms with van der Waals surface area (Å²) in [7, 11) is -15.2. The molecule has 8 nitrogen and oxygen atoms in total. The minimum absolute atomic E-state index is 0.289. The topological polar surface area (TPSA) is 109 Å². The van der Waals surface area contributed by atoms with E-state index in [2.05, 4.69) is 27.4 Å². The summed E-state index contributed by atoms with van der Waals surface area (Å²) in [5, 5.41) is -14.0. The lowest BCUT2D eigenvalue weighted by Gasteiger charge is -2.34. The first-order valence-corrected chi connectivity index (χ1v) is 11.9. The molecule has 0 rings (SSSR count). The van der Waals surface area contributed by atoms with Gasteiger partial charge in [-0.15, -0.1) is 0 Å². The van der Waals surface area contributed by atoms with Crippen LogP contribution in [0, 0.1) is 0 Å². The summed E-state index contributed by atoms with van der Waals surface area (Å²) in [4.78, 5) is 11.2. The maximum Gasteiger partial charge on any atom is 0.467 e. The van der Waals surface area contributed by atoms with E-state index < -0.39 is 42.9 Å². The number of hydrogen-bond donors (Lipinski definition) is 0. The summed E-state index contributed by atoms with van der Waals surface area (Å²) in [6.07, 6.45) is -14.0. The number of esters is 1. The van der Waals surface area contributed by atoms with Crippen molar-refractivity contribution in [2.45, 2.75) is 50.6 Å². The molecule has 0 aromatic rings. The van der Waals surface area contributed by atoms with Crippen LogP contribution in [-0.2, 0) is 29.6 Å². The third-order valence-electron chi connectivity index (χ3n) is 4.33. The van der Waals surface area contributed by atoms with E-state index in [9.17, 15) is 65.5 Å². The van der Waals surface area contributed by atoms with Crippen LogP contribution in [0.4, 0.5) is 43.9 Å². The molecular weight excluding hydrogens is 558 g/mol. The number of rotatable bonds is 10. The van der Waals surface area contributed by atoms with Crippen LogP contribution < -0.4 is 0 Å². The fourth-order valence-electron chi connectivity index (χ4n) is 1.78. The number of sulfonamides is 2. The van der Waals surface area contributed by atoms with Crippen molar-refractivity contribution in [3.05, 3.63) is 16.3 Å². The molecule has 0 saturated carbocycles. The SMILES string of the molecule is C=C(C)C(=O)OC[N+](CC)(CC)CC.O=S(=O)([N-]S(=O)(=O)C(F)(F)C(F)(F)F)C(F)(F)C(F)(F)F. The van der Waals surface area contributed by atoms with Gasteiger partial charge in [0, 0.05) is 5.57 Å². The molecule has 0 aromatic carbocycles. The van der Waals surface area contributed by atoms with Crippen LogP contribution in [0.5, 0.6) is 0 Å². The smallest absolute Gasteiger partial charge is 0.425 e. The minimum atomic E-state index is -7.62. The second kappa shape index (κ2) is 11.6. The lowest BCUT2D eigenvalue weighted by Crippen LogP contribution is -2.49. The van der Waals surface area contributed by atoms with Crippen LogP contribution in [-0.4, -0.2) is 76.5 Å². The van der Waals surface area contributed by atoms with Gasteiger partial charge in [0.25, 0.3) is 0 Å². The van der Waals surface area contributed by atoms with Gasteiger partial charge in [-0.1, -0.05) is 6.58 Å². The summed E-state index contributed by atoms with van der Waals surface area (Å²) >= 11 is 0. The van der Waals surface area contributed by atoms with Gasteiger partial charge < -0.3 is 8.86 Å². The molecule has 20 heteroatoms. The zero-order chi connectivity index (χ0) is 28.9.